The largest absolute Gasteiger partial charge is 0.478 e. The van der Waals surface area contributed by atoms with Gasteiger partial charge < -0.3 is 25.7 Å². The van der Waals surface area contributed by atoms with Crippen molar-refractivity contribution < 1.29 is 24.6 Å². The van der Waals surface area contributed by atoms with Crippen molar-refractivity contribution in [1.29, 1.82) is 0 Å². The number of amides is 3. The van der Waals surface area contributed by atoms with E-state index in [2.05, 4.69) is 10.6 Å². The second-order valence-corrected chi connectivity index (χ2v) is 10.1. The first-order valence-corrected chi connectivity index (χ1v) is 13.1. The number of nitrogens with zero attached hydrogens (tertiary/aromatic N) is 1. The zero-order valence-electron chi connectivity index (χ0n) is 21.0. The van der Waals surface area contributed by atoms with Gasteiger partial charge in [-0.3, -0.25) is 4.79 Å². The van der Waals surface area contributed by atoms with Crippen LogP contribution in [0, 0.1) is 5.92 Å². The highest BCUT2D eigenvalue weighted by Gasteiger charge is 2.37. The zero-order chi connectivity index (χ0) is 27.1. The molecule has 10 heteroatoms. The Morgan fingerprint density at radius 2 is 1.51 bits per heavy atom. The molecule has 37 heavy (non-hydrogen) atoms. The summed E-state index contributed by atoms with van der Waals surface area (Å²) in [5.41, 5.74) is 2.61. The summed E-state index contributed by atoms with van der Waals surface area (Å²) in [6, 6.07) is 10.2. The number of aliphatic hydroxyl groups is 1. The van der Waals surface area contributed by atoms with Crippen LogP contribution in [0.25, 0.3) is 11.1 Å². The van der Waals surface area contributed by atoms with E-state index in [0.717, 1.165) is 55.3 Å². The van der Waals surface area contributed by atoms with E-state index < -0.39 is 5.97 Å². The summed E-state index contributed by atoms with van der Waals surface area (Å²) in [5.74, 6) is -0.956. The van der Waals surface area contributed by atoms with Crippen LogP contribution < -0.4 is 10.6 Å². The van der Waals surface area contributed by atoms with Gasteiger partial charge in [0.1, 0.15) is 0 Å². The molecular formula is C27H33Cl2N3O5. The SMILES string of the molecule is CNC(=O)NC.O=C(O)c1ccc(-c2cc(Cl)c(C[C@@H]3CCN([C@H]4CC[C@H](O)CC4)C3=O)c(Cl)c2)cc1. The van der Waals surface area contributed by atoms with E-state index in [4.69, 9.17) is 28.3 Å². The Hall–Kier alpha value is -2.81. The average Bonchev–Trinajstić information content (AvgIpc) is 3.26. The third-order valence-corrected chi connectivity index (χ3v) is 7.64. The van der Waals surface area contributed by atoms with Crippen LogP contribution in [0.2, 0.25) is 10.0 Å². The Bertz CT molecular complexity index is 1090. The fourth-order valence-corrected chi connectivity index (χ4v) is 5.47. The third-order valence-electron chi connectivity index (χ3n) is 6.97. The van der Waals surface area contributed by atoms with Crippen LogP contribution in [0.5, 0.6) is 0 Å². The maximum atomic E-state index is 13.0. The third kappa shape index (κ3) is 7.37. The van der Waals surface area contributed by atoms with Gasteiger partial charge >= 0.3 is 12.0 Å². The van der Waals surface area contributed by atoms with Gasteiger partial charge in [0, 0.05) is 42.6 Å². The predicted molar refractivity (Wildman–Crippen MR) is 144 cm³/mol. The quantitative estimate of drug-likeness (QED) is 0.434. The number of carbonyl (C=O) groups excluding carboxylic acids is 2. The first-order chi connectivity index (χ1) is 17.6. The van der Waals surface area contributed by atoms with E-state index in [1.807, 2.05) is 17.0 Å². The number of hydrogen-bond acceptors (Lipinski definition) is 4. The lowest BCUT2D eigenvalue weighted by atomic mass is 9.92. The summed E-state index contributed by atoms with van der Waals surface area (Å²) in [7, 11) is 3.14. The maximum absolute atomic E-state index is 13.0. The number of rotatable bonds is 5. The van der Waals surface area contributed by atoms with Crippen LogP contribution in [0.3, 0.4) is 0 Å². The van der Waals surface area contributed by atoms with Gasteiger partial charge in [0.15, 0.2) is 0 Å². The van der Waals surface area contributed by atoms with E-state index in [0.29, 0.717) is 16.5 Å². The number of urea groups is 1. The molecule has 1 saturated carbocycles. The van der Waals surface area contributed by atoms with E-state index in [1.54, 1.807) is 38.4 Å². The Morgan fingerprint density at radius 3 is 2.00 bits per heavy atom. The molecule has 8 nitrogen and oxygen atoms in total. The van der Waals surface area contributed by atoms with Crippen molar-refractivity contribution in [1.82, 2.24) is 15.5 Å². The van der Waals surface area contributed by atoms with E-state index in [9.17, 15) is 19.5 Å². The molecule has 1 saturated heterocycles. The van der Waals surface area contributed by atoms with E-state index >= 15 is 0 Å². The lowest BCUT2D eigenvalue weighted by molar-refractivity contribution is -0.133. The number of aliphatic hydroxyl groups excluding tert-OH is 1. The number of carbonyl (C=O) groups is 3. The van der Waals surface area contributed by atoms with Crippen molar-refractivity contribution >= 4 is 41.1 Å². The van der Waals surface area contributed by atoms with Crippen molar-refractivity contribution in [3.05, 3.63) is 57.6 Å². The molecule has 2 aromatic rings. The maximum Gasteiger partial charge on any atom is 0.335 e. The van der Waals surface area contributed by atoms with Crippen LogP contribution in [-0.2, 0) is 11.2 Å². The molecule has 3 amide bonds. The van der Waals surface area contributed by atoms with Gasteiger partial charge in [0.25, 0.3) is 0 Å². The standard InChI is InChI=1S/C24H25Cl2NO4.C3H8N2O/c25-21-12-17(14-1-3-15(4-2-14)24(30)31)13-22(26)20(21)11-16-9-10-27(23(16)29)18-5-7-19(28)8-6-18;1-4-3(6)5-2/h1-4,12-13,16,18-19,28H,5-11H2,(H,30,31);1-2H3,(H2,4,5,6)/t16-,18-,19-;/m0./s1. The number of aromatic carboxylic acids is 1. The highest BCUT2D eigenvalue weighted by Crippen LogP contribution is 2.36. The van der Waals surface area contributed by atoms with Crippen LogP contribution in [0.15, 0.2) is 36.4 Å². The Morgan fingerprint density at radius 1 is 0.946 bits per heavy atom. The number of likely N-dealkylation sites (tertiary alicyclic amines) is 1. The molecule has 0 bridgehead atoms. The average molecular weight is 550 g/mol. The van der Waals surface area contributed by atoms with E-state index in [1.165, 1.54) is 0 Å². The molecule has 2 aromatic carbocycles. The summed E-state index contributed by atoms with van der Waals surface area (Å²) in [6.45, 7) is 0.744. The normalized spacial score (nSPS) is 21.2. The molecule has 0 aromatic heterocycles. The van der Waals surface area contributed by atoms with Crippen molar-refractivity contribution in [2.45, 2.75) is 50.7 Å². The van der Waals surface area contributed by atoms with Gasteiger partial charge in [0.05, 0.1) is 11.7 Å². The molecule has 1 heterocycles. The molecule has 2 fully saturated rings. The number of carboxylic acid groups (broad SMARTS) is 1. The molecule has 1 aliphatic heterocycles. The zero-order valence-corrected chi connectivity index (χ0v) is 22.5. The smallest absolute Gasteiger partial charge is 0.335 e. The minimum atomic E-state index is -0.974. The molecule has 4 N–H and O–H groups in total. The van der Waals surface area contributed by atoms with Gasteiger partial charge in [-0.2, -0.15) is 0 Å². The highest BCUT2D eigenvalue weighted by atomic mass is 35.5. The van der Waals surface area contributed by atoms with E-state index in [-0.39, 0.29) is 35.6 Å². The topological polar surface area (TPSA) is 119 Å². The predicted octanol–water partition coefficient (Wildman–Crippen LogP) is 4.60. The first-order valence-electron chi connectivity index (χ1n) is 12.3. The summed E-state index contributed by atoms with van der Waals surface area (Å²) < 4.78 is 0. The molecule has 4 rings (SSSR count). The van der Waals surface area contributed by atoms with Crippen molar-refractivity contribution in [2.24, 2.45) is 5.92 Å². The summed E-state index contributed by atoms with van der Waals surface area (Å²) in [4.78, 5) is 36.0. The molecule has 0 radical (unpaired) electrons. The number of halogens is 2. The van der Waals surface area contributed by atoms with Crippen molar-refractivity contribution in [2.75, 3.05) is 20.6 Å². The molecule has 0 unspecified atom stereocenters. The number of carboxylic acids is 1. The highest BCUT2D eigenvalue weighted by molar-refractivity contribution is 6.36. The monoisotopic (exact) mass is 549 g/mol. The van der Waals surface area contributed by atoms with Crippen LogP contribution >= 0.6 is 23.2 Å². The van der Waals surface area contributed by atoms with Crippen molar-refractivity contribution in [3.63, 3.8) is 0 Å². The van der Waals surface area contributed by atoms with Gasteiger partial charge in [-0.25, -0.2) is 9.59 Å². The number of hydrogen-bond donors (Lipinski definition) is 4. The van der Waals surface area contributed by atoms with Crippen LogP contribution in [0.4, 0.5) is 4.79 Å². The number of benzene rings is 2. The van der Waals surface area contributed by atoms with Gasteiger partial charge in [0.2, 0.25) is 5.91 Å². The van der Waals surface area contributed by atoms with Gasteiger partial charge in [-0.1, -0.05) is 35.3 Å². The minimum Gasteiger partial charge on any atom is -0.478 e. The number of nitrogens with one attached hydrogen (secondary N) is 2. The summed E-state index contributed by atoms with van der Waals surface area (Å²) in [5, 5.41) is 24.5. The van der Waals surface area contributed by atoms with Crippen molar-refractivity contribution in [3.8, 4) is 11.1 Å². The molecular weight excluding hydrogens is 517 g/mol. The molecule has 1 atom stereocenters. The molecule has 2 aliphatic rings. The Kier molecular flexibility index (Phi) is 10.2. The fraction of sp³-hybridized carbons (Fsp3) is 0.444. The van der Waals surface area contributed by atoms with Crippen LogP contribution in [0.1, 0.15) is 48.0 Å². The second-order valence-electron chi connectivity index (χ2n) is 9.31. The lowest BCUT2D eigenvalue weighted by Crippen LogP contribution is -2.41. The summed E-state index contributed by atoms with van der Waals surface area (Å²) >= 11 is 13.1. The molecule has 200 valence electrons. The van der Waals surface area contributed by atoms with Gasteiger partial charge in [-0.05, 0) is 79.5 Å². The Balaban J connectivity index is 0.000000568. The minimum absolute atomic E-state index is 0.137. The molecule has 0 spiro atoms. The fourth-order valence-electron chi connectivity index (χ4n) is 4.83. The van der Waals surface area contributed by atoms with Crippen LogP contribution in [-0.4, -0.2) is 65.8 Å². The summed E-state index contributed by atoms with van der Waals surface area (Å²) in [6.07, 6.45) is 4.27. The molecule has 1 aliphatic carbocycles. The Labute approximate surface area is 226 Å². The van der Waals surface area contributed by atoms with Gasteiger partial charge in [-0.15, -0.1) is 0 Å². The lowest BCUT2D eigenvalue weighted by Gasteiger charge is -2.33. The first kappa shape index (κ1) is 28.8. The second kappa shape index (κ2) is 13.1.